The Kier molecular flexibility index (Phi) is 11.0. The summed E-state index contributed by atoms with van der Waals surface area (Å²) in [6.45, 7) is 4.77. The second kappa shape index (κ2) is 14.4. The Morgan fingerprint density at radius 3 is 2.49 bits per heavy atom. The summed E-state index contributed by atoms with van der Waals surface area (Å²) in [5.74, 6) is -0.259. The van der Waals surface area contributed by atoms with E-state index in [0.717, 1.165) is 25.7 Å². The number of para-hydroxylation sites is 2. The third-order valence-electron chi connectivity index (χ3n) is 5.89. The van der Waals surface area contributed by atoms with Gasteiger partial charge in [0.1, 0.15) is 11.0 Å². The van der Waals surface area contributed by atoms with Gasteiger partial charge in [0.05, 0.1) is 30.7 Å². The number of carbonyl (C=O) groups is 3. The number of nitrogens with one attached hydrogen (secondary N) is 1. The predicted molar refractivity (Wildman–Crippen MR) is 148 cm³/mol. The molecule has 1 saturated heterocycles. The quantitative estimate of drug-likeness (QED) is 0.278. The van der Waals surface area contributed by atoms with Crippen molar-refractivity contribution in [1.29, 1.82) is 0 Å². The highest BCUT2D eigenvalue weighted by atomic mass is 32.2. The maximum Gasteiger partial charge on any atom is 0.338 e. The predicted octanol–water partition coefficient (Wildman–Crippen LogP) is 5.80. The lowest BCUT2D eigenvalue weighted by Gasteiger charge is -2.32. The molecule has 198 valence electrons. The van der Waals surface area contributed by atoms with Gasteiger partial charge in [-0.3, -0.25) is 14.5 Å². The van der Waals surface area contributed by atoms with E-state index in [-0.39, 0.29) is 18.2 Å². The van der Waals surface area contributed by atoms with E-state index in [0.29, 0.717) is 41.0 Å². The second-order valence-electron chi connectivity index (χ2n) is 8.62. The van der Waals surface area contributed by atoms with Crippen molar-refractivity contribution < 1.29 is 23.9 Å². The highest BCUT2D eigenvalue weighted by Gasteiger charge is 2.36. The SMILES string of the molecule is CCCCCCCN1C(=O)CC(C(=O)Nc2ccccc2OC)SC1=Nc1ccc(C(=O)OCC)cc1. The van der Waals surface area contributed by atoms with Crippen molar-refractivity contribution in [3.05, 3.63) is 54.1 Å². The topological polar surface area (TPSA) is 97.3 Å². The highest BCUT2D eigenvalue weighted by Crippen LogP contribution is 2.31. The molecular formula is C28H35N3O5S. The summed E-state index contributed by atoms with van der Waals surface area (Å²) in [6.07, 6.45) is 5.42. The van der Waals surface area contributed by atoms with Crippen LogP contribution in [0, 0.1) is 0 Å². The molecule has 1 N–H and O–H groups in total. The van der Waals surface area contributed by atoms with Gasteiger partial charge in [-0.05, 0) is 49.7 Å². The number of rotatable bonds is 12. The van der Waals surface area contributed by atoms with Crippen LogP contribution in [0.25, 0.3) is 0 Å². The molecule has 0 aliphatic carbocycles. The van der Waals surface area contributed by atoms with Crippen LogP contribution < -0.4 is 10.1 Å². The van der Waals surface area contributed by atoms with Crippen LogP contribution in [-0.2, 0) is 14.3 Å². The summed E-state index contributed by atoms with van der Waals surface area (Å²) in [4.78, 5) is 44.7. The summed E-state index contributed by atoms with van der Waals surface area (Å²) < 4.78 is 10.4. The molecule has 0 bridgehead atoms. The third-order valence-corrected chi connectivity index (χ3v) is 7.07. The fourth-order valence-corrected chi connectivity index (χ4v) is 5.02. The average molecular weight is 526 g/mol. The zero-order chi connectivity index (χ0) is 26.6. The zero-order valence-electron chi connectivity index (χ0n) is 21.7. The van der Waals surface area contributed by atoms with Crippen molar-refractivity contribution in [3.63, 3.8) is 0 Å². The molecule has 9 heteroatoms. The molecule has 0 spiro atoms. The maximum absolute atomic E-state index is 13.2. The van der Waals surface area contributed by atoms with Crippen LogP contribution in [0.3, 0.4) is 0 Å². The fraction of sp³-hybridized carbons (Fsp3) is 0.429. The number of aliphatic imine (C=N–C) groups is 1. The largest absolute Gasteiger partial charge is 0.495 e. The second-order valence-corrected chi connectivity index (χ2v) is 9.79. The number of nitrogens with zero attached hydrogens (tertiary/aromatic N) is 2. The van der Waals surface area contributed by atoms with Gasteiger partial charge in [-0.1, -0.05) is 56.5 Å². The lowest BCUT2D eigenvalue weighted by atomic mass is 10.1. The average Bonchev–Trinajstić information content (AvgIpc) is 2.90. The number of benzene rings is 2. The van der Waals surface area contributed by atoms with E-state index >= 15 is 0 Å². The lowest BCUT2D eigenvalue weighted by molar-refractivity contribution is -0.129. The van der Waals surface area contributed by atoms with E-state index < -0.39 is 11.2 Å². The Morgan fingerprint density at radius 2 is 1.78 bits per heavy atom. The molecule has 1 fully saturated rings. The number of methoxy groups -OCH3 is 1. The van der Waals surface area contributed by atoms with Crippen LogP contribution in [0.4, 0.5) is 11.4 Å². The van der Waals surface area contributed by atoms with Gasteiger partial charge in [-0.25, -0.2) is 9.79 Å². The van der Waals surface area contributed by atoms with Crippen molar-refractivity contribution in [2.45, 2.75) is 57.6 Å². The smallest absolute Gasteiger partial charge is 0.338 e. The van der Waals surface area contributed by atoms with E-state index in [4.69, 9.17) is 14.5 Å². The number of ether oxygens (including phenoxy) is 2. The van der Waals surface area contributed by atoms with Crippen LogP contribution in [0.15, 0.2) is 53.5 Å². The maximum atomic E-state index is 13.2. The van der Waals surface area contributed by atoms with Crippen molar-refractivity contribution in [1.82, 2.24) is 4.90 Å². The number of amides is 2. The van der Waals surface area contributed by atoms with Crippen molar-refractivity contribution >= 4 is 46.1 Å². The molecule has 37 heavy (non-hydrogen) atoms. The Labute approximate surface area is 222 Å². The Hall–Kier alpha value is -3.33. The minimum Gasteiger partial charge on any atom is -0.495 e. The van der Waals surface area contributed by atoms with Gasteiger partial charge in [0.15, 0.2) is 5.17 Å². The third kappa shape index (κ3) is 8.08. The first-order valence-electron chi connectivity index (χ1n) is 12.7. The first kappa shape index (κ1) is 28.2. The molecule has 0 aromatic heterocycles. The molecule has 2 amide bonds. The number of thioether (sulfide) groups is 1. The number of carbonyl (C=O) groups excluding carboxylic acids is 3. The molecule has 2 aromatic carbocycles. The van der Waals surface area contributed by atoms with Crippen LogP contribution in [0.1, 0.15) is 62.7 Å². The van der Waals surface area contributed by atoms with E-state index in [1.807, 2.05) is 12.1 Å². The van der Waals surface area contributed by atoms with Gasteiger partial charge in [0.25, 0.3) is 0 Å². The molecule has 1 heterocycles. The molecule has 8 nitrogen and oxygen atoms in total. The lowest BCUT2D eigenvalue weighted by Crippen LogP contribution is -2.45. The summed E-state index contributed by atoms with van der Waals surface area (Å²) >= 11 is 1.28. The van der Waals surface area contributed by atoms with Crippen LogP contribution >= 0.6 is 11.8 Å². The normalized spacial score (nSPS) is 16.5. The Bertz CT molecular complexity index is 1100. The molecule has 1 aliphatic rings. The minimum absolute atomic E-state index is 0.0847. The Morgan fingerprint density at radius 1 is 1.05 bits per heavy atom. The molecule has 0 radical (unpaired) electrons. The molecule has 1 atom stereocenters. The molecule has 1 unspecified atom stereocenters. The van der Waals surface area contributed by atoms with Crippen molar-refractivity contribution in [2.75, 3.05) is 25.6 Å². The molecule has 2 aromatic rings. The van der Waals surface area contributed by atoms with Gasteiger partial charge in [0, 0.05) is 13.0 Å². The van der Waals surface area contributed by atoms with Crippen molar-refractivity contribution in [2.24, 2.45) is 4.99 Å². The Balaban J connectivity index is 1.80. The highest BCUT2D eigenvalue weighted by molar-refractivity contribution is 8.15. The summed E-state index contributed by atoms with van der Waals surface area (Å²) in [5, 5.41) is 2.74. The van der Waals surface area contributed by atoms with Gasteiger partial charge in [-0.2, -0.15) is 0 Å². The molecule has 3 rings (SSSR count). The number of esters is 1. The number of hydrogen-bond donors (Lipinski definition) is 1. The van der Waals surface area contributed by atoms with Gasteiger partial charge < -0.3 is 14.8 Å². The summed E-state index contributed by atoms with van der Waals surface area (Å²) in [5.41, 5.74) is 1.57. The number of hydrogen-bond acceptors (Lipinski definition) is 7. The van der Waals surface area contributed by atoms with E-state index in [1.54, 1.807) is 55.3 Å². The number of amidine groups is 1. The van der Waals surface area contributed by atoms with E-state index in [9.17, 15) is 14.4 Å². The molecule has 0 saturated carbocycles. The molecular weight excluding hydrogens is 490 g/mol. The number of unbranched alkanes of at least 4 members (excludes halogenated alkanes) is 4. The van der Waals surface area contributed by atoms with Crippen LogP contribution in [-0.4, -0.2) is 53.4 Å². The van der Waals surface area contributed by atoms with Gasteiger partial charge >= 0.3 is 5.97 Å². The minimum atomic E-state index is -0.633. The van der Waals surface area contributed by atoms with Crippen LogP contribution in [0.5, 0.6) is 5.75 Å². The van der Waals surface area contributed by atoms with E-state index in [1.165, 1.54) is 18.2 Å². The first-order chi connectivity index (χ1) is 18.0. The van der Waals surface area contributed by atoms with Gasteiger partial charge in [-0.15, -0.1) is 0 Å². The molecule has 1 aliphatic heterocycles. The van der Waals surface area contributed by atoms with E-state index in [2.05, 4.69) is 12.2 Å². The van der Waals surface area contributed by atoms with Crippen LogP contribution in [0.2, 0.25) is 0 Å². The summed E-state index contributed by atoms with van der Waals surface area (Å²) in [7, 11) is 1.54. The first-order valence-corrected chi connectivity index (χ1v) is 13.6. The monoisotopic (exact) mass is 525 g/mol. The zero-order valence-corrected chi connectivity index (χ0v) is 22.5. The van der Waals surface area contributed by atoms with Crippen molar-refractivity contribution in [3.8, 4) is 5.75 Å². The fourth-order valence-electron chi connectivity index (χ4n) is 3.89. The summed E-state index contributed by atoms with van der Waals surface area (Å²) in [6, 6.07) is 13.9. The number of anilines is 1. The standard InChI is InChI=1S/C28H35N3O5S/c1-4-6-7-8-11-18-31-25(32)19-24(26(33)30-22-12-9-10-13-23(22)35-3)37-28(31)29-21-16-14-20(15-17-21)27(34)36-5-2/h9-10,12-17,24H,4-8,11,18-19H2,1-3H3,(H,30,33). The van der Waals surface area contributed by atoms with Gasteiger partial charge in [0.2, 0.25) is 11.8 Å².